The maximum absolute atomic E-state index is 11.2. The number of para-hydroxylation sites is 2. The quantitative estimate of drug-likeness (QED) is 0.545. The molecule has 0 N–H and O–H groups in total. The van der Waals surface area contributed by atoms with Crippen LogP contribution >= 0.6 is 0 Å². The molecule has 0 heterocycles. The Kier molecular flexibility index (Phi) is 11.6. The molecule has 18 heavy (non-hydrogen) atoms. The van der Waals surface area contributed by atoms with Crippen LogP contribution in [0.4, 0.5) is 11.4 Å². The van der Waals surface area contributed by atoms with Gasteiger partial charge in [0.05, 0.1) is 0 Å². The summed E-state index contributed by atoms with van der Waals surface area (Å²) in [6, 6.07) is 19.5. The minimum absolute atomic E-state index is 0. The van der Waals surface area contributed by atoms with Crippen molar-refractivity contribution in [2.24, 2.45) is 0 Å². The molecule has 2 aromatic rings. The summed E-state index contributed by atoms with van der Waals surface area (Å²) in [5.41, 5.74) is 1.93. The van der Waals surface area contributed by atoms with Gasteiger partial charge in [0.25, 0.3) is 0 Å². The molecule has 0 atom stereocenters. The first-order valence-corrected chi connectivity index (χ1v) is 5.75. The predicted molar refractivity (Wildman–Crippen MR) is 62.9 cm³/mol. The molecule has 0 saturated carbocycles. The van der Waals surface area contributed by atoms with E-state index < -0.39 is 9.57 Å². The second-order valence-electron chi connectivity index (χ2n) is 3.15. The van der Waals surface area contributed by atoms with Crippen molar-refractivity contribution in [2.75, 3.05) is 4.57 Å². The molecule has 0 saturated heterocycles. The van der Waals surface area contributed by atoms with Crippen LogP contribution in [-0.2, 0) is 26.2 Å². The van der Waals surface area contributed by atoms with Crippen LogP contribution in [0.15, 0.2) is 60.7 Å². The Bertz CT molecular complexity index is 405. The summed E-state index contributed by atoms with van der Waals surface area (Å²) in [6.45, 7) is 0. The van der Waals surface area contributed by atoms with Crippen molar-refractivity contribution in [3.8, 4) is 0 Å². The zero-order valence-corrected chi connectivity index (χ0v) is 13.7. The molecule has 2 rings (SSSR count). The third-order valence-corrected chi connectivity index (χ3v) is 2.98. The van der Waals surface area contributed by atoms with E-state index >= 15 is 0 Å². The molecule has 6 heteroatoms. The Balaban J connectivity index is 0. The summed E-state index contributed by atoms with van der Waals surface area (Å²) in [7, 11) is -0.999. The smallest absolute Gasteiger partial charge is 1.00 e. The number of hydrogen-bond donors (Lipinski definition) is 0. The van der Waals surface area contributed by atoms with Gasteiger partial charge in [0.2, 0.25) is 0 Å². The summed E-state index contributed by atoms with van der Waals surface area (Å²) in [6.07, 6.45) is 0. The van der Waals surface area contributed by atoms with E-state index in [0.29, 0.717) is 0 Å². The van der Waals surface area contributed by atoms with Gasteiger partial charge in [-0.05, 0) is 24.3 Å². The van der Waals surface area contributed by atoms with Crippen LogP contribution in [-0.4, -0.2) is 9.57 Å². The van der Waals surface area contributed by atoms with Crippen molar-refractivity contribution in [1.82, 2.24) is 0 Å². The van der Waals surface area contributed by atoms with E-state index in [1.54, 1.807) is 0 Å². The van der Waals surface area contributed by atoms with Crippen molar-refractivity contribution in [1.29, 1.82) is 0 Å². The molecule has 0 aliphatic heterocycles. The molecule has 0 radical (unpaired) electrons. The normalized spacial score (nSPS) is 8.00. The predicted octanol–water partition coefficient (Wildman–Crippen LogP) is -3.47. The van der Waals surface area contributed by atoms with Crippen molar-refractivity contribution >= 4 is 20.9 Å². The molecular weight excluding hydrogens is 321 g/mol. The Morgan fingerprint density at radius 2 is 1.06 bits per heavy atom. The maximum atomic E-state index is 11.2. The van der Waals surface area contributed by atoms with E-state index in [2.05, 4.69) is 0 Å². The Morgan fingerprint density at radius 1 is 0.722 bits per heavy atom. The van der Waals surface area contributed by atoms with Gasteiger partial charge < -0.3 is 33.8 Å². The third-order valence-electron chi connectivity index (χ3n) is 2.17. The minimum Gasteiger partial charge on any atom is -1.00 e. The first kappa shape index (κ1) is 19.9. The van der Waals surface area contributed by atoms with Crippen LogP contribution in [0.25, 0.3) is 0 Å². The SMILES string of the molecule is O=[SiH]N(c1ccccc1)c1ccccc1.[Cl-].[Cl-].[Ti+4]. The molecule has 2 nitrogen and oxygen atoms in total. The summed E-state index contributed by atoms with van der Waals surface area (Å²) < 4.78 is 13.1. The minimum atomic E-state index is -0.999. The Morgan fingerprint density at radius 3 is 1.33 bits per heavy atom. The Labute approximate surface area is 136 Å². The van der Waals surface area contributed by atoms with Crippen LogP contribution < -0.4 is 29.4 Å². The number of benzene rings is 2. The number of anilines is 2. The van der Waals surface area contributed by atoms with Gasteiger partial charge in [-0.25, -0.2) is 0 Å². The fourth-order valence-corrected chi connectivity index (χ4v) is 2.04. The van der Waals surface area contributed by atoms with Crippen molar-refractivity contribution in [2.45, 2.75) is 0 Å². The number of hydrogen-bond acceptors (Lipinski definition) is 1. The van der Waals surface area contributed by atoms with E-state index in [1.165, 1.54) is 0 Å². The number of nitrogens with zero attached hydrogens (tertiary/aromatic N) is 1. The molecule has 0 fully saturated rings. The first-order chi connectivity index (χ1) is 7.42. The van der Waals surface area contributed by atoms with Gasteiger partial charge in [-0.2, -0.15) is 0 Å². The average Bonchev–Trinajstić information content (AvgIpc) is 2.33. The zero-order chi connectivity index (χ0) is 10.5. The van der Waals surface area contributed by atoms with Gasteiger partial charge in [0.1, 0.15) is 0 Å². The van der Waals surface area contributed by atoms with Gasteiger partial charge in [-0.15, -0.1) is 0 Å². The number of halogens is 2. The standard InChI is InChI=1S/C12H11NOSi.2ClH.Ti/c14-15-13(11-7-3-1-4-8-11)12-9-5-2-6-10-12;;;/h1-10,15H;2*1H;/q;;;+4/p-2. The molecule has 0 bridgehead atoms. The molecule has 90 valence electrons. The molecule has 2 aromatic carbocycles. The topological polar surface area (TPSA) is 20.3 Å². The van der Waals surface area contributed by atoms with Gasteiger partial charge in [0.15, 0.2) is 0 Å². The first-order valence-electron chi connectivity index (χ1n) is 4.76. The van der Waals surface area contributed by atoms with Crippen LogP contribution in [0.3, 0.4) is 0 Å². The maximum Gasteiger partial charge on any atom is 4.00 e. The molecule has 0 unspecified atom stereocenters. The van der Waals surface area contributed by atoms with Crippen LogP contribution in [0.1, 0.15) is 0 Å². The van der Waals surface area contributed by atoms with Crippen LogP contribution in [0.2, 0.25) is 0 Å². The van der Waals surface area contributed by atoms with Gasteiger partial charge in [-0.3, -0.25) is 0 Å². The van der Waals surface area contributed by atoms with Gasteiger partial charge >= 0.3 is 31.3 Å². The third kappa shape index (κ3) is 5.04. The summed E-state index contributed by atoms with van der Waals surface area (Å²) in [4.78, 5) is 0. The number of rotatable bonds is 3. The van der Waals surface area contributed by atoms with E-state index in [0.717, 1.165) is 11.4 Å². The molecule has 0 aromatic heterocycles. The van der Waals surface area contributed by atoms with E-state index in [-0.39, 0.29) is 46.5 Å². The summed E-state index contributed by atoms with van der Waals surface area (Å²) in [5.74, 6) is 0. The molecule has 0 spiro atoms. The summed E-state index contributed by atoms with van der Waals surface area (Å²) in [5, 5.41) is 0. The zero-order valence-electron chi connectivity index (χ0n) is 9.46. The van der Waals surface area contributed by atoms with Crippen LogP contribution in [0.5, 0.6) is 0 Å². The van der Waals surface area contributed by atoms with E-state index in [1.807, 2.05) is 65.2 Å². The summed E-state index contributed by atoms with van der Waals surface area (Å²) >= 11 is 0. The fourth-order valence-electron chi connectivity index (χ4n) is 1.45. The van der Waals surface area contributed by atoms with E-state index in [9.17, 15) is 4.46 Å². The average molecular weight is 332 g/mol. The Hall–Kier alpha value is -0.449. The molecule has 0 aliphatic carbocycles. The molecule has 0 amide bonds. The monoisotopic (exact) mass is 331 g/mol. The van der Waals surface area contributed by atoms with Gasteiger partial charge in [0, 0.05) is 11.4 Å². The van der Waals surface area contributed by atoms with Crippen molar-refractivity contribution in [3.05, 3.63) is 60.7 Å². The van der Waals surface area contributed by atoms with Crippen molar-refractivity contribution < 1.29 is 51.0 Å². The largest absolute Gasteiger partial charge is 4.00 e. The van der Waals surface area contributed by atoms with Crippen LogP contribution in [0, 0.1) is 0 Å². The second kappa shape index (κ2) is 10.5. The fraction of sp³-hybridized carbons (Fsp3) is 0. The second-order valence-corrected chi connectivity index (χ2v) is 3.87. The molecule has 0 aliphatic rings. The van der Waals surface area contributed by atoms with Crippen molar-refractivity contribution in [3.63, 3.8) is 0 Å². The van der Waals surface area contributed by atoms with E-state index in [4.69, 9.17) is 0 Å². The van der Waals surface area contributed by atoms with Gasteiger partial charge in [-0.1, -0.05) is 36.4 Å². The molecular formula is C12H11Cl2NOSiTi+2.